The van der Waals surface area contributed by atoms with Crippen molar-refractivity contribution in [1.82, 2.24) is 4.98 Å². The van der Waals surface area contributed by atoms with Crippen LogP contribution in [0.15, 0.2) is 35.3 Å². The third kappa shape index (κ3) is 2.31. The summed E-state index contributed by atoms with van der Waals surface area (Å²) in [6.45, 7) is 0.381. The number of nitrogens with zero attached hydrogens (tertiary/aromatic N) is 1. The predicted octanol–water partition coefficient (Wildman–Crippen LogP) is 2.56. The number of rotatable bonds is 3. The van der Waals surface area contributed by atoms with Gasteiger partial charge in [-0.15, -0.1) is 0 Å². The summed E-state index contributed by atoms with van der Waals surface area (Å²) in [5, 5.41) is 2.73. The lowest BCUT2D eigenvalue weighted by molar-refractivity contribution is 0.563. The molecule has 0 aromatic carbocycles. The van der Waals surface area contributed by atoms with E-state index in [0.29, 0.717) is 6.54 Å². The van der Waals surface area contributed by atoms with Crippen LogP contribution in [-0.4, -0.2) is 4.98 Å². The summed E-state index contributed by atoms with van der Waals surface area (Å²) in [6, 6.07) is 2.53. The number of pyridine rings is 1. The first-order valence-electron chi connectivity index (χ1n) is 4.31. The number of aromatic nitrogens is 1. The van der Waals surface area contributed by atoms with Gasteiger partial charge in [0.25, 0.3) is 0 Å². The minimum Gasteiger partial charge on any atom is -0.472 e. The van der Waals surface area contributed by atoms with Gasteiger partial charge in [0.2, 0.25) is 0 Å². The molecule has 0 aliphatic rings. The van der Waals surface area contributed by atoms with Crippen LogP contribution in [0.2, 0.25) is 0 Å². The highest BCUT2D eigenvalue weighted by Gasteiger charge is 2.04. The summed E-state index contributed by atoms with van der Waals surface area (Å²) in [4.78, 5) is 3.59. The number of anilines is 1. The second-order valence-corrected chi connectivity index (χ2v) is 2.97. The second kappa shape index (κ2) is 4.08. The molecule has 0 unspecified atom stereocenters. The van der Waals surface area contributed by atoms with Crippen LogP contribution < -0.4 is 5.32 Å². The summed E-state index contributed by atoms with van der Waals surface area (Å²) in [7, 11) is 0. The van der Waals surface area contributed by atoms with Gasteiger partial charge in [-0.1, -0.05) is 0 Å². The van der Waals surface area contributed by atoms with Crippen LogP contribution in [0.25, 0.3) is 0 Å². The van der Waals surface area contributed by atoms with E-state index in [-0.39, 0.29) is 5.82 Å². The van der Waals surface area contributed by atoms with Crippen molar-refractivity contribution in [2.75, 3.05) is 5.32 Å². The van der Waals surface area contributed by atoms with Gasteiger partial charge in [-0.3, -0.25) is 0 Å². The topological polar surface area (TPSA) is 38.1 Å². The zero-order valence-electron chi connectivity index (χ0n) is 7.71. The molecule has 0 saturated heterocycles. The van der Waals surface area contributed by atoms with Crippen molar-refractivity contribution < 1.29 is 13.2 Å². The molecule has 0 atom stereocenters. The predicted molar refractivity (Wildman–Crippen MR) is 50.2 cm³/mol. The molecule has 0 fully saturated rings. The normalized spacial score (nSPS) is 10.3. The van der Waals surface area contributed by atoms with Crippen molar-refractivity contribution in [3.63, 3.8) is 0 Å². The average molecular weight is 210 g/mol. The second-order valence-electron chi connectivity index (χ2n) is 2.97. The van der Waals surface area contributed by atoms with Crippen molar-refractivity contribution in [2.45, 2.75) is 6.54 Å². The maximum atomic E-state index is 13.1. The Kier molecular flexibility index (Phi) is 2.62. The standard InChI is InChI=1S/C10H8F2N2O/c11-8-3-9(12)10(14-5-8)13-4-7-1-2-15-6-7/h1-3,5-6H,4H2,(H,13,14). The highest BCUT2D eigenvalue weighted by Crippen LogP contribution is 2.12. The van der Waals surface area contributed by atoms with Crippen LogP contribution in [0, 0.1) is 11.6 Å². The van der Waals surface area contributed by atoms with Gasteiger partial charge >= 0.3 is 0 Å². The Bertz CT molecular complexity index is 443. The van der Waals surface area contributed by atoms with Crippen LogP contribution in [-0.2, 0) is 6.54 Å². The fraction of sp³-hybridized carbons (Fsp3) is 0.100. The fourth-order valence-electron chi connectivity index (χ4n) is 1.12. The van der Waals surface area contributed by atoms with Gasteiger partial charge in [0, 0.05) is 18.2 Å². The van der Waals surface area contributed by atoms with E-state index in [2.05, 4.69) is 10.3 Å². The number of hydrogen-bond donors (Lipinski definition) is 1. The average Bonchev–Trinajstić information content (AvgIpc) is 2.69. The van der Waals surface area contributed by atoms with Gasteiger partial charge in [-0.25, -0.2) is 13.8 Å². The lowest BCUT2D eigenvalue weighted by Gasteiger charge is -2.04. The number of nitrogens with one attached hydrogen (secondary N) is 1. The van der Waals surface area contributed by atoms with Crippen molar-refractivity contribution in [3.05, 3.63) is 48.1 Å². The smallest absolute Gasteiger partial charge is 0.168 e. The molecule has 0 bridgehead atoms. The largest absolute Gasteiger partial charge is 0.472 e. The molecule has 2 aromatic rings. The van der Waals surface area contributed by atoms with E-state index in [1.165, 1.54) is 12.5 Å². The Morgan fingerprint density at radius 3 is 2.93 bits per heavy atom. The molecular weight excluding hydrogens is 202 g/mol. The molecule has 0 radical (unpaired) electrons. The molecule has 78 valence electrons. The highest BCUT2D eigenvalue weighted by molar-refractivity contribution is 5.36. The molecule has 1 N–H and O–H groups in total. The first-order valence-corrected chi connectivity index (χ1v) is 4.31. The summed E-state index contributed by atoms with van der Waals surface area (Å²) in [5.74, 6) is -1.38. The zero-order chi connectivity index (χ0) is 10.7. The van der Waals surface area contributed by atoms with E-state index < -0.39 is 11.6 Å². The minimum absolute atomic E-state index is 0.0256. The number of furan rings is 1. The lowest BCUT2D eigenvalue weighted by atomic mass is 10.3. The lowest BCUT2D eigenvalue weighted by Crippen LogP contribution is -2.03. The Hall–Kier alpha value is -1.91. The van der Waals surface area contributed by atoms with E-state index in [9.17, 15) is 8.78 Å². The summed E-state index contributed by atoms with van der Waals surface area (Å²) < 4.78 is 30.4. The highest BCUT2D eigenvalue weighted by atomic mass is 19.1. The molecule has 3 nitrogen and oxygen atoms in total. The van der Waals surface area contributed by atoms with Crippen LogP contribution >= 0.6 is 0 Å². The SMILES string of the molecule is Fc1cnc(NCc2ccoc2)c(F)c1. The molecule has 15 heavy (non-hydrogen) atoms. The van der Waals surface area contributed by atoms with E-state index >= 15 is 0 Å². The third-order valence-corrected chi connectivity index (χ3v) is 1.85. The van der Waals surface area contributed by atoms with E-state index in [4.69, 9.17) is 4.42 Å². The summed E-state index contributed by atoms with van der Waals surface area (Å²) >= 11 is 0. The van der Waals surface area contributed by atoms with Crippen LogP contribution in [0.3, 0.4) is 0 Å². The maximum absolute atomic E-state index is 13.1. The maximum Gasteiger partial charge on any atom is 0.168 e. The molecular formula is C10H8F2N2O. The Morgan fingerprint density at radius 2 is 2.27 bits per heavy atom. The third-order valence-electron chi connectivity index (χ3n) is 1.85. The van der Waals surface area contributed by atoms with E-state index in [1.54, 1.807) is 6.07 Å². The molecule has 2 rings (SSSR count). The van der Waals surface area contributed by atoms with Crippen LogP contribution in [0.1, 0.15) is 5.56 Å². The fourth-order valence-corrected chi connectivity index (χ4v) is 1.12. The van der Waals surface area contributed by atoms with Crippen LogP contribution in [0.5, 0.6) is 0 Å². The Morgan fingerprint density at radius 1 is 1.40 bits per heavy atom. The quantitative estimate of drug-likeness (QED) is 0.846. The van der Waals surface area contributed by atoms with E-state index in [0.717, 1.165) is 17.8 Å². The molecule has 0 saturated carbocycles. The molecule has 0 spiro atoms. The summed E-state index contributed by atoms with van der Waals surface area (Å²) in [6.07, 6.45) is 4.01. The van der Waals surface area contributed by atoms with Crippen molar-refractivity contribution in [2.24, 2.45) is 0 Å². The minimum atomic E-state index is -0.710. The van der Waals surface area contributed by atoms with Gasteiger partial charge < -0.3 is 9.73 Å². The van der Waals surface area contributed by atoms with Crippen LogP contribution in [0.4, 0.5) is 14.6 Å². The number of halogens is 2. The summed E-state index contributed by atoms with van der Waals surface area (Å²) in [5.41, 5.74) is 0.862. The van der Waals surface area contributed by atoms with Gasteiger partial charge in [0.1, 0.15) is 5.82 Å². The zero-order valence-corrected chi connectivity index (χ0v) is 7.71. The van der Waals surface area contributed by atoms with Gasteiger partial charge in [-0.05, 0) is 6.07 Å². The first kappa shape index (κ1) is 9.64. The molecule has 0 aliphatic carbocycles. The first-order chi connectivity index (χ1) is 7.25. The molecule has 2 aromatic heterocycles. The monoisotopic (exact) mass is 210 g/mol. The molecule has 2 heterocycles. The van der Waals surface area contributed by atoms with Crippen molar-refractivity contribution in [3.8, 4) is 0 Å². The Labute approximate surface area is 84.7 Å². The molecule has 5 heteroatoms. The van der Waals surface area contributed by atoms with Gasteiger partial charge in [0.05, 0.1) is 18.7 Å². The molecule has 0 amide bonds. The van der Waals surface area contributed by atoms with Gasteiger partial charge in [0.15, 0.2) is 11.6 Å². The van der Waals surface area contributed by atoms with Gasteiger partial charge in [-0.2, -0.15) is 0 Å². The van der Waals surface area contributed by atoms with E-state index in [1.807, 2.05) is 0 Å². The van der Waals surface area contributed by atoms with Crippen molar-refractivity contribution in [1.29, 1.82) is 0 Å². The van der Waals surface area contributed by atoms with Crippen molar-refractivity contribution >= 4 is 5.82 Å². The molecule has 0 aliphatic heterocycles. The Balaban J connectivity index is 2.05. The number of hydrogen-bond acceptors (Lipinski definition) is 3.